The van der Waals surface area contributed by atoms with Gasteiger partial charge in [0.1, 0.15) is 17.2 Å². The van der Waals surface area contributed by atoms with Crippen molar-refractivity contribution in [2.45, 2.75) is 64.1 Å². The molecule has 1 saturated heterocycles. The number of carbonyl (C=O) groups excluding carboxylic acids is 1. The quantitative estimate of drug-likeness (QED) is 0.773. The zero-order valence-electron chi connectivity index (χ0n) is 15.3. The van der Waals surface area contributed by atoms with Gasteiger partial charge >= 0.3 is 6.09 Å². The summed E-state index contributed by atoms with van der Waals surface area (Å²) in [6.45, 7) is 5.64. The van der Waals surface area contributed by atoms with Crippen LogP contribution in [0.5, 0.6) is 5.75 Å². The molecule has 2 unspecified atom stereocenters. The standard InChI is InChI=1S/C20H26FNO3/c1-20(2,3)25-19(23)22-15-6-5-7-16(22)11-13(10-15)17-12-14(21)8-9-18(17)24-4/h8-10,12,15-16H,5-7,11H2,1-4H3. The van der Waals surface area contributed by atoms with Gasteiger partial charge in [-0.15, -0.1) is 0 Å². The highest BCUT2D eigenvalue weighted by atomic mass is 19.1. The highest BCUT2D eigenvalue weighted by Crippen LogP contribution is 2.40. The highest BCUT2D eigenvalue weighted by molar-refractivity contribution is 5.76. The van der Waals surface area contributed by atoms with Crippen LogP contribution < -0.4 is 4.74 Å². The van der Waals surface area contributed by atoms with E-state index in [0.29, 0.717) is 12.2 Å². The SMILES string of the molecule is COc1ccc(F)cc1C1=CC2CCCC(C1)N2C(=O)OC(C)(C)C. The Labute approximate surface area is 148 Å². The smallest absolute Gasteiger partial charge is 0.411 e. The van der Waals surface area contributed by atoms with Crippen molar-refractivity contribution in [2.75, 3.05) is 7.11 Å². The lowest BCUT2D eigenvalue weighted by Crippen LogP contribution is -2.53. The monoisotopic (exact) mass is 347 g/mol. The number of halogens is 1. The second kappa shape index (κ2) is 6.70. The largest absolute Gasteiger partial charge is 0.496 e. The molecule has 2 aliphatic rings. The summed E-state index contributed by atoms with van der Waals surface area (Å²) < 4.78 is 24.7. The predicted octanol–water partition coefficient (Wildman–Crippen LogP) is 4.78. The Hall–Kier alpha value is -2.04. The Kier molecular flexibility index (Phi) is 4.76. The van der Waals surface area contributed by atoms with Crippen LogP contribution >= 0.6 is 0 Å². The fraction of sp³-hybridized carbons (Fsp3) is 0.550. The van der Waals surface area contributed by atoms with E-state index < -0.39 is 5.60 Å². The molecule has 0 radical (unpaired) electrons. The molecule has 1 aromatic rings. The van der Waals surface area contributed by atoms with Crippen LogP contribution in [0.2, 0.25) is 0 Å². The number of amides is 1. The van der Waals surface area contributed by atoms with E-state index in [1.165, 1.54) is 12.1 Å². The van der Waals surface area contributed by atoms with Crippen LogP contribution in [0.1, 0.15) is 52.0 Å². The number of methoxy groups -OCH3 is 1. The van der Waals surface area contributed by atoms with Crippen LogP contribution in [0.15, 0.2) is 24.3 Å². The topological polar surface area (TPSA) is 38.8 Å². The Morgan fingerprint density at radius 1 is 1.28 bits per heavy atom. The van der Waals surface area contributed by atoms with E-state index in [9.17, 15) is 9.18 Å². The molecule has 2 bridgehead atoms. The van der Waals surface area contributed by atoms with Gasteiger partial charge in [0.15, 0.2) is 0 Å². The molecule has 5 heteroatoms. The summed E-state index contributed by atoms with van der Waals surface area (Å²) in [7, 11) is 1.59. The molecule has 0 aliphatic carbocycles. The first-order valence-electron chi connectivity index (χ1n) is 8.84. The van der Waals surface area contributed by atoms with Gasteiger partial charge in [-0.1, -0.05) is 6.08 Å². The predicted molar refractivity (Wildman–Crippen MR) is 95.0 cm³/mol. The van der Waals surface area contributed by atoms with Crippen molar-refractivity contribution in [3.8, 4) is 5.75 Å². The maximum absolute atomic E-state index is 13.8. The van der Waals surface area contributed by atoms with Crippen molar-refractivity contribution < 1.29 is 18.7 Å². The third-order valence-electron chi connectivity index (χ3n) is 4.75. The first-order chi connectivity index (χ1) is 11.8. The van der Waals surface area contributed by atoms with Gasteiger partial charge in [-0.05, 0) is 70.2 Å². The summed E-state index contributed by atoms with van der Waals surface area (Å²) >= 11 is 0. The van der Waals surface area contributed by atoms with Gasteiger partial charge in [0, 0.05) is 11.6 Å². The molecule has 0 N–H and O–H groups in total. The maximum atomic E-state index is 13.8. The lowest BCUT2D eigenvalue weighted by Gasteiger charge is -2.45. The Morgan fingerprint density at radius 2 is 2.04 bits per heavy atom. The van der Waals surface area contributed by atoms with Crippen LogP contribution in [0.4, 0.5) is 9.18 Å². The Morgan fingerprint density at radius 3 is 2.68 bits per heavy atom. The zero-order chi connectivity index (χ0) is 18.2. The van der Waals surface area contributed by atoms with E-state index in [-0.39, 0.29) is 24.0 Å². The number of hydrogen-bond acceptors (Lipinski definition) is 3. The molecular formula is C20H26FNO3. The molecule has 4 nitrogen and oxygen atoms in total. The van der Waals surface area contributed by atoms with Gasteiger partial charge in [-0.2, -0.15) is 0 Å². The van der Waals surface area contributed by atoms with Crippen LogP contribution in [0.25, 0.3) is 5.57 Å². The normalized spacial score (nSPS) is 23.1. The molecule has 2 atom stereocenters. The number of fused-ring (bicyclic) bond motifs is 2. The third-order valence-corrected chi connectivity index (χ3v) is 4.75. The summed E-state index contributed by atoms with van der Waals surface area (Å²) in [4.78, 5) is 14.5. The van der Waals surface area contributed by atoms with E-state index in [2.05, 4.69) is 6.08 Å². The minimum atomic E-state index is -0.513. The first kappa shape index (κ1) is 17.8. The Balaban J connectivity index is 1.92. The van der Waals surface area contributed by atoms with Gasteiger partial charge in [0.25, 0.3) is 0 Å². The van der Waals surface area contributed by atoms with Gasteiger partial charge < -0.3 is 9.47 Å². The molecule has 1 fully saturated rings. The lowest BCUT2D eigenvalue weighted by atomic mass is 9.83. The van der Waals surface area contributed by atoms with Crippen molar-refractivity contribution in [3.05, 3.63) is 35.7 Å². The van der Waals surface area contributed by atoms with E-state index in [4.69, 9.17) is 9.47 Å². The summed E-state index contributed by atoms with van der Waals surface area (Å²) in [5.74, 6) is 0.382. The minimum Gasteiger partial charge on any atom is -0.496 e. The van der Waals surface area contributed by atoms with Crippen molar-refractivity contribution in [3.63, 3.8) is 0 Å². The number of rotatable bonds is 2. The van der Waals surface area contributed by atoms with Crippen molar-refractivity contribution >= 4 is 11.7 Å². The summed E-state index contributed by atoms with van der Waals surface area (Å²) in [5, 5.41) is 0. The first-order valence-corrected chi connectivity index (χ1v) is 8.84. The van der Waals surface area contributed by atoms with Crippen molar-refractivity contribution in [2.24, 2.45) is 0 Å². The molecule has 136 valence electrons. The number of ether oxygens (including phenoxy) is 2. The van der Waals surface area contributed by atoms with Crippen molar-refractivity contribution in [1.29, 1.82) is 0 Å². The molecule has 0 saturated carbocycles. The van der Waals surface area contributed by atoms with Crippen LogP contribution in [-0.2, 0) is 4.74 Å². The second-order valence-electron chi connectivity index (χ2n) is 7.78. The summed E-state index contributed by atoms with van der Waals surface area (Å²) in [6, 6.07) is 4.65. The molecule has 1 amide bonds. The molecule has 3 rings (SSSR count). The fourth-order valence-electron chi connectivity index (χ4n) is 3.76. The number of carbonyl (C=O) groups is 1. The molecule has 2 heterocycles. The highest BCUT2D eigenvalue weighted by Gasteiger charge is 2.39. The van der Waals surface area contributed by atoms with Crippen molar-refractivity contribution in [1.82, 2.24) is 4.90 Å². The lowest BCUT2D eigenvalue weighted by molar-refractivity contribution is 0.0000787. The van der Waals surface area contributed by atoms with Crippen LogP contribution in [0.3, 0.4) is 0 Å². The minimum absolute atomic E-state index is 0.00896. The summed E-state index contributed by atoms with van der Waals surface area (Å²) in [5.41, 5.74) is 1.32. The molecule has 25 heavy (non-hydrogen) atoms. The van der Waals surface area contributed by atoms with Gasteiger partial charge in [0.05, 0.1) is 13.2 Å². The average Bonchev–Trinajstić information content (AvgIpc) is 2.51. The fourth-order valence-corrected chi connectivity index (χ4v) is 3.76. The maximum Gasteiger partial charge on any atom is 0.411 e. The van der Waals surface area contributed by atoms with Crippen LogP contribution in [-0.4, -0.2) is 35.8 Å². The Bertz CT molecular complexity index is 693. The molecule has 2 aliphatic heterocycles. The summed E-state index contributed by atoms with van der Waals surface area (Å²) in [6.07, 6.45) is 5.43. The van der Waals surface area contributed by atoms with E-state index in [1.54, 1.807) is 13.2 Å². The number of nitrogens with zero attached hydrogens (tertiary/aromatic N) is 1. The van der Waals surface area contributed by atoms with Gasteiger partial charge in [0.2, 0.25) is 0 Å². The van der Waals surface area contributed by atoms with E-state index in [1.807, 2.05) is 25.7 Å². The third kappa shape index (κ3) is 3.80. The molecule has 1 aromatic carbocycles. The molecule has 0 spiro atoms. The number of piperidine rings is 1. The van der Waals surface area contributed by atoms with Gasteiger partial charge in [-0.25, -0.2) is 9.18 Å². The average molecular weight is 347 g/mol. The molecular weight excluding hydrogens is 321 g/mol. The number of benzene rings is 1. The second-order valence-corrected chi connectivity index (χ2v) is 7.78. The zero-order valence-corrected chi connectivity index (χ0v) is 15.3. The van der Waals surface area contributed by atoms with E-state index >= 15 is 0 Å². The van der Waals surface area contributed by atoms with Gasteiger partial charge in [-0.3, -0.25) is 4.90 Å². The molecule has 0 aromatic heterocycles. The number of hydrogen-bond donors (Lipinski definition) is 0. The van der Waals surface area contributed by atoms with Crippen LogP contribution in [0, 0.1) is 5.82 Å². The van der Waals surface area contributed by atoms with E-state index in [0.717, 1.165) is 30.4 Å².